The summed E-state index contributed by atoms with van der Waals surface area (Å²) >= 11 is 0. The average molecular weight is 310 g/mol. The van der Waals surface area contributed by atoms with Gasteiger partial charge in [-0.2, -0.15) is 15.4 Å². The maximum atomic E-state index is 12.3. The first-order chi connectivity index (χ1) is 11.3. The lowest BCUT2D eigenvalue weighted by Crippen LogP contribution is -2.11. The molecular formula is C17H18N4O2. The van der Waals surface area contributed by atoms with Gasteiger partial charge in [0, 0.05) is 11.3 Å². The smallest absolute Gasteiger partial charge is 0.255 e. The van der Waals surface area contributed by atoms with Gasteiger partial charge in [-0.25, -0.2) is 0 Å². The predicted molar refractivity (Wildman–Crippen MR) is 88.7 cm³/mol. The van der Waals surface area contributed by atoms with Crippen molar-refractivity contribution in [1.82, 2.24) is 15.4 Å². The summed E-state index contributed by atoms with van der Waals surface area (Å²) < 4.78 is 5.60. The Morgan fingerprint density at radius 2 is 1.91 bits per heavy atom. The van der Waals surface area contributed by atoms with E-state index in [0.29, 0.717) is 17.7 Å². The van der Waals surface area contributed by atoms with Gasteiger partial charge in [-0.3, -0.25) is 4.79 Å². The Morgan fingerprint density at radius 1 is 1.13 bits per heavy atom. The van der Waals surface area contributed by atoms with E-state index in [2.05, 4.69) is 27.7 Å². The van der Waals surface area contributed by atoms with Gasteiger partial charge in [0.2, 0.25) is 0 Å². The fraction of sp³-hybridized carbons (Fsp3) is 0.235. The van der Waals surface area contributed by atoms with Gasteiger partial charge < -0.3 is 10.1 Å². The van der Waals surface area contributed by atoms with Crippen LogP contribution in [-0.2, 0) is 0 Å². The number of nitrogens with zero attached hydrogens (tertiary/aromatic N) is 2. The first kappa shape index (κ1) is 15.0. The molecule has 0 aliphatic carbocycles. The molecule has 3 aromatic rings. The van der Waals surface area contributed by atoms with E-state index in [-0.39, 0.29) is 5.91 Å². The van der Waals surface area contributed by atoms with Crippen molar-refractivity contribution in [1.29, 1.82) is 0 Å². The summed E-state index contributed by atoms with van der Waals surface area (Å²) in [6.07, 6.45) is 2.13. The van der Waals surface area contributed by atoms with Gasteiger partial charge in [0.05, 0.1) is 6.61 Å². The highest BCUT2D eigenvalue weighted by Gasteiger charge is 2.08. The third-order valence-electron chi connectivity index (χ3n) is 3.46. The molecule has 0 saturated heterocycles. The number of carbonyl (C=O) groups excluding carboxylic acids is 1. The summed E-state index contributed by atoms with van der Waals surface area (Å²) in [5.74, 6) is 0.620. The summed E-state index contributed by atoms with van der Waals surface area (Å²) in [5.41, 5.74) is 2.65. The highest BCUT2D eigenvalue weighted by Crippen LogP contribution is 2.18. The van der Waals surface area contributed by atoms with E-state index in [4.69, 9.17) is 4.74 Å². The molecule has 1 aromatic heterocycles. The van der Waals surface area contributed by atoms with Crippen LogP contribution in [0, 0.1) is 0 Å². The number of aromatic amines is 1. The maximum absolute atomic E-state index is 12.3. The molecule has 6 nitrogen and oxygen atoms in total. The normalized spacial score (nSPS) is 10.7. The lowest BCUT2D eigenvalue weighted by molar-refractivity contribution is 0.102. The van der Waals surface area contributed by atoms with Crippen molar-refractivity contribution in [2.75, 3.05) is 11.9 Å². The molecule has 6 heteroatoms. The molecule has 1 heterocycles. The molecular weight excluding hydrogens is 292 g/mol. The summed E-state index contributed by atoms with van der Waals surface area (Å²) in [4.78, 5) is 12.3. The summed E-state index contributed by atoms with van der Waals surface area (Å²) in [6, 6.07) is 12.6. The molecule has 0 unspecified atom stereocenters. The van der Waals surface area contributed by atoms with Crippen molar-refractivity contribution in [2.45, 2.75) is 19.8 Å². The average Bonchev–Trinajstić information content (AvgIpc) is 3.04. The van der Waals surface area contributed by atoms with Gasteiger partial charge in [0.1, 0.15) is 16.8 Å². The highest BCUT2D eigenvalue weighted by atomic mass is 16.5. The van der Waals surface area contributed by atoms with Gasteiger partial charge in [-0.1, -0.05) is 13.3 Å². The monoisotopic (exact) mass is 310 g/mol. The fourth-order valence-corrected chi connectivity index (χ4v) is 2.15. The highest BCUT2D eigenvalue weighted by molar-refractivity contribution is 6.05. The van der Waals surface area contributed by atoms with Gasteiger partial charge in [0.25, 0.3) is 5.91 Å². The van der Waals surface area contributed by atoms with Crippen LogP contribution in [0.2, 0.25) is 0 Å². The van der Waals surface area contributed by atoms with E-state index >= 15 is 0 Å². The molecule has 0 saturated carbocycles. The van der Waals surface area contributed by atoms with Crippen molar-refractivity contribution in [3.8, 4) is 5.75 Å². The molecule has 3 rings (SSSR count). The molecule has 0 fully saturated rings. The molecule has 2 N–H and O–H groups in total. The number of H-pyrrole nitrogens is 1. The molecule has 23 heavy (non-hydrogen) atoms. The minimum Gasteiger partial charge on any atom is -0.494 e. The van der Waals surface area contributed by atoms with Crippen LogP contribution >= 0.6 is 0 Å². The fourth-order valence-electron chi connectivity index (χ4n) is 2.15. The predicted octanol–water partition coefficient (Wildman–Crippen LogP) is 3.39. The molecule has 0 bridgehead atoms. The summed E-state index contributed by atoms with van der Waals surface area (Å²) in [7, 11) is 0. The van der Waals surface area contributed by atoms with Crippen molar-refractivity contribution in [3.05, 3.63) is 48.0 Å². The Labute approximate surface area is 133 Å². The molecule has 0 spiro atoms. The van der Waals surface area contributed by atoms with Crippen molar-refractivity contribution >= 4 is 22.6 Å². The van der Waals surface area contributed by atoms with Crippen LogP contribution in [0.1, 0.15) is 30.1 Å². The van der Waals surface area contributed by atoms with Crippen LogP contribution in [0.15, 0.2) is 42.5 Å². The van der Waals surface area contributed by atoms with Gasteiger partial charge >= 0.3 is 0 Å². The van der Waals surface area contributed by atoms with Crippen molar-refractivity contribution in [2.24, 2.45) is 0 Å². The number of anilines is 1. The Morgan fingerprint density at radius 3 is 2.70 bits per heavy atom. The van der Waals surface area contributed by atoms with Gasteiger partial charge in [-0.15, -0.1) is 0 Å². The number of benzene rings is 2. The zero-order valence-corrected chi connectivity index (χ0v) is 12.9. The van der Waals surface area contributed by atoms with Crippen LogP contribution in [0.5, 0.6) is 5.75 Å². The third-order valence-corrected chi connectivity index (χ3v) is 3.46. The Balaban J connectivity index is 1.64. The van der Waals surface area contributed by atoms with Crippen LogP contribution in [0.4, 0.5) is 5.69 Å². The number of unbranched alkanes of at least 4 members (excludes halogenated alkanes) is 1. The number of amides is 1. The topological polar surface area (TPSA) is 79.9 Å². The van der Waals surface area contributed by atoms with E-state index in [1.807, 2.05) is 24.3 Å². The van der Waals surface area contributed by atoms with Crippen molar-refractivity contribution in [3.63, 3.8) is 0 Å². The number of nitrogens with one attached hydrogen (secondary N) is 2. The second kappa shape index (κ2) is 6.91. The molecule has 1 amide bonds. The third kappa shape index (κ3) is 3.66. The van der Waals surface area contributed by atoms with Crippen LogP contribution in [0.25, 0.3) is 11.0 Å². The van der Waals surface area contributed by atoms with E-state index in [9.17, 15) is 4.79 Å². The SMILES string of the molecule is CCCCOc1ccc(NC(=O)c2ccc3n[nH]nc3c2)cc1. The minimum absolute atomic E-state index is 0.186. The van der Waals surface area contributed by atoms with E-state index in [1.54, 1.807) is 18.2 Å². The van der Waals surface area contributed by atoms with E-state index in [1.165, 1.54) is 0 Å². The van der Waals surface area contributed by atoms with Crippen LogP contribution in [-0.4, -0.2) is 27.9 Å². The summed E-state index contributed by atoms with van der Waals surface area (Å²) in [6.45, 7) is 2.83. The quantitative estimate of drug-likeness (QED) is 0.684. The van der Waals surface area contributed by atoms with E-state index < -0.39 is 0 Å². The molecule has 0 atom stereocenters. The van der Waals surface area contributed by atoms with Gasteiger partial charge in [-0.05, 0) is 48.9 Å². The Bertz CT molecular complexity index is 796. The number of carbonyl (C=O) groups is 1. The van der Waals surface area contributed by atoms with Crippen molar-refractivity contribution < 1.29 is 9.53 Å². The molecule has 0 radical (unpaired) electrons. The number of fused-ring (bicyclic) bond motifs is 1. The minimum atomic E-state index is -0.186. The zero-order chi connectivity index (χ0) is 16.1. The Hall–Kier alpha value is -2.89. The summed E-state index contributed by atoms with van der Waals surface area (Å²) in [5, 5.41) is 13.3. The zero-order valence-electron chi connectivity index (χ0n) is 12.9. The van der Waals surface area contributed by atoms with Crippen LogP contribution < -0.4 is 10.1 Å². The molecule has 118 valence electrons. The molecule has 2 aromatic carbocycles. The maximum Gasteiger partial charge on any atom is 0.255 e. The molecule has 0 aliphatic heterocycles. The largest absolute Gasteiger partial charge is 0.494 e. The number of ether oxygens (including phenoxy) is 1. The Kier molecular flexibility index (Phi) is 4.52. The number of rotatable bonds is 6. The van der Waals surface area contributed by atoms with Gasteiger partial charge in [0.15, 0.2) is 0 Å². The lowest BCUT2D eigenvalue weighted by Gasteiger charge is -2.08. The van der Waals surface area contributed by atoms with E-state index in [0.717, 1.165) is 29.8 Å². The first-order valence-electron chi connectivity index (χ1n) is 7.61. The molecule has 0 aliphatic rings. The second-order valence-corrected chi connectivity index (χ2v) is 5.21. The number of hydrogen-bond donors (Lipinski definition) is 2. The standard InChI is InChI=1S/C17H18N4O2/c1-2-3-10-23-14-7-5-13(6-8-14)18-17(22)12-4-9-15-16(11-12)20-21-19-15/h4-9,11H,2-3,10H2,1H3,(H,18,22)(H,19,20,21). The second-order valence-electron chi connectivity index (χ2n) is 5.21. The first-order valence-corrected chi connectivity index (χ1v) is 7.61. The number of hydrogen-bond acceptors (Lipinski definition) is 4. The lowest BCUT2D eigenvalue weighted by atomic mass is 10.2. The number of aromatic nitrogens is 3. The van der Waals surface area contributed by atoms with Crippen LogP contribution in [0.3, 0.4) is 0 Å².